The molecule has 7 heteroatoms. The molecule has 94 valence electrons. The summed E-state index contributed by atoms with van der Waals surface area (Å²) in [4.78, 5) is 25.5. The van der Waals surface area contributed by atoms with E-state index in [1.54, 1.807) is 0 Å². The van der Waals surface area contributed by atoms with Crippen molar-refractivity contribution < 1.29 is 15.0 Å². The first kappa shape index (κ1) is 12.7. The summed E-state index contributed by atoms with van der Waals surface area (Å²) in [7, 11) is 0. The van der Waals surface area contributed by atoms with E-state index in [4.69, 9.17) is 28.3 Å². The van der Waals surface area contributed by atoms with Crippen LogP contribution in [0, 0.1) is 6.92 Å². The molecule has 1 aromatic carbocycles. The van der Waals surface area contributed by atoms with E-state index in [9.17, 15) is 14.7 Å². The number of halogens is 2. The number of aromatic amines is 1. The molecule has 0 spiro atoms. The van der Waals surface area contributed by atoms with Gasteiger partial charge in [-0.3, -0.25) is 4.79 Å². The zero-order valence-corrected chi connectivity index (χ0v) is 10.6. The van der Waals surface area contributed by atoms with Gasteiger partial charge in [0.2, 0.25) is 0 Å². The molecule has 0 fully saturated rings. The zero-order valence-electron chi connectivity index (χ0n) is 9.04. The number of nitrogens with one attached hydrogen (secondary N) is 1. The van der Waals surface area contributed by atoms with Crippen LogP contribution in [0.2, 0.25) is 10.0 Å². The number of hydrogen-bond acceptors (Lipinski definition) is 3. The Labute approximate surface area is 111 Å². The third-order valence-electron chi connectivity index (χ3n) is 2.61. The number of H-pyrrole nitrogens is 1. The van der Waals surface area contributed by atoms with Gasteiger partial charge in [-0.1, -0.05) is 23.2 Å². The second kappa shape index (κ2) is 4.19. The van der Waals surface area contributed by atoms with E-state index in [0.717, 1.165) is 0 Å². The second-order valence-corrected chi connectivity index (χ2v) is 4.51. The van der Waals surface area contributed by atoms with Crippen LogP contribution in [0.3, 0.4) is 0 Å². The van der Waals surface area contributed by atoms with E-state index in [2.05, 4.69) is 4.98 Å². The number of aromatic carboxylic acids is 1. The fourth-order valence-corrected chi connectivity index (χ4v) is 2.24. The molecule has 0 saturated carbocycles. The van der Waals surface area contributed by atoms with Gasteiger partial charge in [0.25, 0.3) is 0 Å². The number of benzene rings is 1. The standard InChI is InChI=1S/C11H7Cl2NO4/c1-3-7(11(17)18)14-8-6(9(3)15)4(12)2-5(13)10(8)16/h2,16H,1H3,(H,14,15)(H,17,18). The third-order valence-corrected chi connectivity index (χ3v) is 3.20. The predicted molar refractivity (Wildman–Crippen MR) is 67.9 cm³/mol. The van der Waals surface area contributed by atoms with Crippen molar-refractivity contribution in [2.45, 2.75) is 6.92 Å². The maximum Gasteiger partial charge on any atom is 0.352 e. The van der Waals surface area contributed by atoms with Crippen LogP contribution in [-0.4, -0.2) is 21.2 Å². The van der Waals surface area contributed by atoms with Gasteiger partial charge in [0.05, 0.1) is 20.9 Å². The minimum Gasteiger partial charge on any atom is -0.504 e. The largest absolute Gasteiger partial charge is 0.504 e. The molecule has 5 nitrogen and oxygen atoms in total. The van der Waals surface area contributed by atoms with Crippen molar-refractivity contribution in [2.24, 2.45) is 0 Å². The maximum atomic E-state index is 12.0. The van der Waals surface area contributed by atoms with E-state index in [0.29, 0.717) is 0 Å². The van der Waals surface area contributed by atoms with Crippen LogP contribution in [0.15, 0.2) is 10.9 Å². The molecule has 0 atom stereocenters. The van der Waals surface area contributed by atoms with Crippen molar-refractivity contribution in [3.8, 4) is 5.75 Å². The lowest BCUT2D eigenvalue weighted by atomic mass is 10.1. The topological polar surface area (TPSA) is 90.4 Å². The number of pyridine rings is 1. The van der Waals surface area contributed by atoms with Crippen molar-refractivity contribution in [1.82, 2.24) is 4.98 Å². The lowest BCUT2D eigenvalue weighted by molar-refractivity contribution is 0.0690. The highest BCUT2D eigenvalue weighted by Crippen LogP contribution is 2.35. The van der Waals surface area contributed by atoms with E-state index in [1.807, 2.05) is 0 Å². The number of rotatable bonds is 1. The van der Waals surface area contributed by atoms with Gasteiger partial charge in [-0.2, -0.15) is 0 Å². The molecule has 0 unspecified atom stereocenters. The van der Waals surface area contributed by atoms with Crippen LogP contribution in [-0.2, 0) is 0 Å². The summed E-state index contributed by atoms with van der Waals surface area (Å²) in [5.74, 6) is -1.71. The Morgan fingerprint density at radius 3 is 2.50 bits per heavy atom. The van der Waals surface area contributed by atoms with Gasteiger partial charge in [-0.15, -0.1) is 0 Å². The number of hydrogen-bond donors (Lipinski definition) is 3. The van der Waals surface area contributed by atoms with Crippen molar-refractivity contribution in [1.29, 1.82) is 0 Å². The van der Waals surface area contributed by atoms with E-state index < -0.39 is 17.1 Å². The molecule has 0 saturated heterocycles. The second-order valence-electron chi connectivity index (χ2n) is 3.70. The molecule has 3 N–H and O–H groups in total. The van der Waals surface area contributed by atoms with E-state index >= 15 is 0 Å². The van der Waals surface area contributed by atoms with E-state index in [-0.39, 0.29) is 32.2 Å². The van der Waals surface area contributed by atoms with Crippen LogP contribution in [0.25, 0.3) is 10.9 Å². The van der Waals surface area contributed by atoms with Crippen molar-refractivity contribution in [2.75, 3.05) is 0 Å². The molecule has 1 heterocycles. The molecular formula is C11H7Cl2NO4. The lowest BCUT2D eigenvalue weighted by Crippen LogP contribution is -2.15. The molecule has 18 heavy (non-hydrogen) atoms. The summed E-state index contributed by atoms with van der Waals surface area (Å²) in [5.41, 5.74) is -0.932. The number of phenols is 1. The van der Waals surface area contributed by atoms with Crippen molar-refractivity contribution >= 4 is 40.1 Å². The van der Waals surface area contributed by atoms with Gasteiger partial charge in [0, 0.05) is 5.56 Å². The number of carboxylic acid groups (broad SMARTS) is 1. The first-order valence-electron chi connectivity index (χ1n) is 4.81. The maximum absolute atomic E-state index is 12.0. The van der Waals surface area contributed by atoms with Gasteiger partial charge in [-0.25, -0.2) is 4.79 Å². The van der Waals surface area contributed by atoms with Gasteiger partial charge in [0.15, 0.2) is 11.2 Å². The number of fused-ring (bicyclic) bond motifs is 1. The van der Waals surface area contributed by atoms with Gasteiger partial charge in [-0.05, 0) is 13.0 Å². The fraction of sp³-hybridized carbons (Fsp3) is 0.0909. The smallest absolute Gasteiger partial charge is 0.352 e. The summed E-state index contributed by atoms with van der Waals surface area (Å²) in [6.07, 6.45) is 0. The molecule has 2 aromatic rings. The monoisotopic (exact) mass is 287 g/mol. The fourth-order valence-electron chi connectivity index (χ4n) is 1.69. The van der Waals surface area contributed by atoms with Crippen LogP contribution >= 0.6 is 23.2 Å². The Morgan fingerprint density at radius 2 is 1.94 bits per heavy atom. The minimum absolute atomic E-state index is 0.0126. The highest BCUT2D eigenvalue weighted by molar-refractivity contribution is 6.39. The molecule has 2 rings (SSSR count). The molecular weight excluding hydrogens is 281 g/mol. The Kier molecular flexibility index (Phi) is 2.96. The Hall–Kier alpha value is -1.72. The molecule has 0 amide bonds. The van der Waals surface area contributed by atoms with E-state index in [1.165, 1.54) is 13.0 Å². The molecule has 0 bridgehead atoms. The molecule has 0 aliphatic rings. The predicted octanol–water partition coefficient (Wildman–Crippen LogP) is 2.55. The average molecular weight is 288 g/mol. The number of aromatic nitrogens is 1. The van der Waals surface area contributed by atoms with Gasteiger partial charge >= 0.3 is 5.97 Å². The quantitative estimate of drug-likeness (QED) is 0.752. The number of carbonyl (C=O) groups is 1. The SMILES string of the molecule is Cc1c(C(=O)O)[nH]c2c(O)c(Cl)cc(Cl)c2c1=O. The summed E-state index contributed by atoms with van der Waals surface area (Å²) in [5, 5.41) is 18.7. The third kappa shape index (κ3) is 1.72. The normalized spacial score (nSPS) is 10.8. The summed E-state index contributed by atoms with van der Waals surface area (Å²) < 4.78 is 0. The summed E-state index contributed by atoms with van der Waals surface area (Å²) in [6.45, 7) is 1.36. The highest BCUT2D eigenvalue weighted by Gasteiger charge is 2.19. The van der Waals surface area contributed by atoms with Crippen LogP contribution in [0.4, 0.5) is 0 Å². The van der Waals surface area contributed by atoms with Crippen LogP contribution in [0.1, 0.15) is 16.1 Å². The van der Waals surface area contributed by atoms with Crippen molar-refractivity contribution in [3.63, 3.8) is 0 Å². The van der Waals surface area contributed by atoms with Gasteiger partial charge in [0.1, 0.15) is 5.69 Å². The lowest BCUT2D eigenvalue weighted by Gasteiger charge is -2.08. The average Bonchev–Trinajstić information content (AvgIpc) is 2.29. The van der Waals surface area contributed by atoms with Gasteiger partial charge < -0.3 is 15.2 Å². The first-order chi connectivity index (χ1) is 8.34. The first-order valence-corrected chi connectivity index (χ1v) is 5.57. The minimum atomic E-state index is -1.30. The Morgan fingerprint density at radius 1 is 1.33 bits per heavy atom. The van der Waals surface area contributed by atoms with Crippen molar-refractivity contribution in [3.05, 3.63) is 37.6 Å². The highest BCUT2D eigenvalue weighted by atomic mass is 35.5. The number of carboxylic acids is 1. The summed E-state index contributed by atoms with van der Waals surface area (Å²) in [6, 6.07) is 1.23. The number of phenolic OH excluding ortho intramolecular Hbond substituents is 1. The summed E-state index contributed by atoms with van der Waals surface area (Å²) >= 11 is 11.6. The van der Waals surface area contributed by atoms with Crippen LogP contribution < -0.4 is 5.43 Å². The van der Waals surface area contributed by atoms with Crippen LogP contribution in [0.5, 0.6) is 5.75 Å². The molecule has 0 aliphatic carbocycles. The molecule has 0 radical (unpaired) electrons. The zero-order chi connectivity index (χ0) is 13.6. The Balaban J connectivity index is 3.10. The Bertz CT molecular complexity index is 736. The molecule has 1 aromatic heterocycles. The molecule has 0 aliphatic heterocycles. The number of aromatic hydroxyl groups is 1.